The van der Waals surface area contributed by atoms with Crippen molar-refractivity contribution >= 4 is 39.2 Å². The van der Waals surface area contributed by atoms with Crippen molar-refractivity contribution in [3.8, 4) is 0 Å². The summed E-state index contributed by atoms with van der Waals surface area (Å²) in [6, 6.07) is 7.17. The number of nitrogens with zero attached hydrogens (tertiary/aromatic N) is 4. The smallest absolute Gasteiger partial charge is 0.270 e. The fourth-order valence-corrected chi connectivity index (χ4v) is 3.05. The summed E-state index contributed by atoms with van der Waals surface area (Å²) in [5.41, 5.74) is 12.5. The molecule has 0 spiro atoms. The van der Waals surface area contributed by atoms with Crippen molar-refractivity contribution in [1.29, 1.82) is 0 Å². The summed E-state index contributed by atoms with van der Waals surface area (Å²) in [5, 5.41) is 0. The molecule has 1 aliphatic heterocycles. The Morgan fingerprint density at radius 3 is 2.64 bits per heavy atom. The Hall–Kier alpha value is -2.39. The Balaban J connectivity index is 1.70. The highest BCUT2D eigenvalue weighted by Gasteiger charge is 2.19. The van der Waals surface area contributed by atoms with Gasteiger partial charge in [-0.2, -0.15) is 0 Å². The van der Waals surface area contributed by atoms with Crippen LogP contribution in [-0.4, -0.2) is 54.0 Å². The molecule has 0 radical (unpaired) electrons. The van der Waals surface area contributed by atoms with Gasteiger partial charge in [-0.15, -0.1) is 0 Å². The normalized spacial score (nSPS) is 15.0. The van der Waals surface area contributed by atoms with Crippen LogP contribution in [0.1, 0.15) is 10.4 Å². The number of anilines is 3. The number of nitrogens with one attached hydrogen (secondary N) is 2. The van der Waals surface area contributed by atoms with E-state index in [0.717, 1.165) is 26.2 Å². The van der Waals surface area contributed by atoms with Crippen LogP contribution in [0.5, 0.6) is 0 Å². The summed E-state index contributed by atoms with van der Waals surface area (Å²) in [6.07, 6.45) is 1.44. The molecule has 8 nitrogen and oxygen atoms in total. The maximum atomic E-state index is 12.3. The van der Waals surface area contributed by atoms with E-state index >= 15 is 0 Å². The average molecular weight is 406 g/mol. The summed E-state index contributed by atoms with van der Waals surface area (Å²) < 4.78 is 0.711. The molecule has 0 aliphatic carbocycles. The molecular formula is C16H20BrN7O. The van der Waals surface area contributed by atoms with E-state index in [2.05, 4.69) is 53.6 Å². The summed E-state index contributed by atoms with van der Waals surface area (Å²) in [4.78, 5) is 25.1. The van der Waals surface area contributed by atoms with Crippen LogP contribution in [0.3, 0.4) is 0 Å². The van der Waals surface area contributed by atoms with Gasteiger partial charge in [-0.3, -0.25) is 15.6 Å². The maximum absolute atomic E-state index is 12.3. The highest BCUT2D eigenvalue weighted by atomic mass is 79.9. The second kappa shape index (κ2) is 7.66. The molecule has 2 aromatic rings. The highest BCUT2D eigenvalue weighted by Crippen LogP contribution is 2.26. The summed E-state index contributed by atoms with van der Waals surface area (Å²) in [5.74, 6) is 0.775. The van der Waals surface area contributed by atoms with Crippen molar-refractivity contribution in [3.63, 3.8) is 0 Å². The second-order valence-corrected chi connectivity index (χ2v) is 6.66. The third-order valence-electron chi connectivity index (χ3n) is 4.08. The first kappa shape index (κ1) is 17.4. The fourth-order valence-electron chi connectivity index (χ4n) is 2.58. The van der Waals surface area contributed by atoms with Crippen LogP contribution < -0.4 is 21.5 Å². The molecule has 4 N–H and O–H groups in total. The maximum Gasteiger partial charge on any atom is 0.270 e. The number of carbonyl (C=O) groups excluding carboxylic acids is 1. The minimum atomic E-state index is -0.286. The number of carbonyl (C=O) groups is 1. The lowest BCUT2D eigenvalue weighted by Crippen LogP contribution is -2.45. The number of hydrogen-bond acceptors (Lipinski definition) is 7. The molecule has 0 saturated carbocycles. The number of nitrogen functional groups attached to an aromatic ring is 1. The molecule has 1 saturated heterocycles. The van der Waals surface area contributed by atoms with E-state index in [9.17, 15) is 4.79 Å². The molecule has 1 aromatic heterocycles. The SMILES string of the molecule is CN1CCN(c2ncnc(NNC(=O)c3ccccc3Br)c2N)CC1. The van der Waals surface area contributed by atoms with Gasteiger partial charge in [0, 0.05) is 30.7 Å². The first-order valence-corrected chi connectivity index (χ1v) is 8.70. The van der Waals surface area contributed by atoms with E-state index in [1.807, 2.05) is 6.07 Å². The Bertz CT molecular complexity index is 762. The molecule has 1 aliphatic rings. The minimum absolute atomic E-state index is 0.286. The lowest BCUT2D eigenvalue weighted by molar-refractivity contribution is 0.0962. The van der Waals surface area contributed by atoms with Crippen LogP contribution >= 0.6 is 15.9 Å². The van der Waals surface area contributed by atoms with Crippen molar-refractivity contribution in [1.82, 2.24) is 20.3 Å². The standard InChI is InChI=1S/C16H20BrN7O/c1-23-6-8-24(9-7-23)15-13(18)14(19-10-20-15)21-22-16(25)11-4-2-3-5-12(11)17/h2-5,10H,6-9,18H2,1H3,(H,22,25)(H,19,20,21). The van der Waals surface area contributed by atoms with Gasteiger partial charge < -0.3 is 15.5 Å². The second-order valence-electron chi connectivity index (χ2n) is 5.81. The van der Waals surface area contributed by atoms with Crippen molar-refractivity contribution in [2.24, 2.45) is 0 Å². The summed E-state index contributed by atoms with van der Waals surface area (Å²) in [7, 11) is 2.09. The van der Waals surface area contributed by atoms with Crippen molar-refractivity contribution in [2.45, 2.75) is 0 Å². The zero-order chi connectivity index (χ0) is 17.8. The Labute approximate surface area is 154 Å². The summed E-state index contributed by atoms with van der Waals surface area (Å²) >= 11 is 3.36. The first-order chi connectivity index (χ1) is 12.1. The lowest BCUT2D eigenvalue weighted by atomic mass is 10.2. The number of likely N-dealkylation sites (N-methyl/N-ethyl adjacent to an activating group) is 1. The van der Waals surface area contributed by atoms with Gasteiger partial charge in [-0.25, -0.2) is 9.97 Å². The van der Waals surface area contributed by atoms with Gasteiger partial charge in [0.2, 0.25) is 0 Å². The topological polar surface area (TPSA) is 99.4 Å². The fraction of sp³-hybridized carbons (Fsp3) is 0.312. The van der Waals surface area contributed by atoms with Gasteiger partial charge in [0.1, 0.15) is 12.0 Å². The molecule has 2 heterocycles. The van der Waals surface area contributed by atoms with Gasteiger partial charge >= 0.3 is 0 Å². The van der Waals surface area contributed by atoms with E-state index < -0.39 is 0 Å². The van der Waals surface area contributed by atoms with Gasteiger partial charge in [-0.1, -0.05) is 12.1 Å². The summed E-state index contributed by atoms with van der Waals surface area (Å²) in [6.45, 7) is 3.59. The number of aromatic nitrogens is 2. The predicted molar refractivity (Wildman–Crippen MR) is 101 cm³/mol. The molecule has 0 atom stereocenters. The van der Waals surface area contributed by atoms with Gasteiger partial charge in [0.15, 0.2) is 11.6 Å². The van der Waals surface area contributed by atoms with Crippen molar-refractivity contribution < 1.29 is 4.79 Å². The Morgan fingerprint density at radius 1 is 1.20 bits per heavy atom. The minimum Gasteiger partial charge on any atom is -0.393 e. The van der Waals surface area contributed by atoms with E-state index in [-0.39, 0.29) is 5.91 Å². The number of hydrazine groups is 1. The largest absolute Gasteiger partial charge is 0.393 e. The first-order valence-electron chi connectivity index (χ1n) is 7.91. The lowest BCUT2D eigenvalue weighted by Gasteiger charge is -2.33. The predicted octanol–water partition coefficient (Wildman–Crippen LogP) is 1.33. The van der Waals surface area contributed by atoms with Crippen LogP contribution in [0, 0.1) is 0 Å². The number of piperazine rings is 1. The number of nitrogens with two attached hydrogens (primary N) is 1. The number of hydrogen-bond donors (Lipinski definition) is 3. The van der Waals surface area contributed by atoms with E-state index in [4.69, 9.17) is 5.73 Å². The zero-order valence-corrected chi connectivity index (χ0v) is 15.5. The molecule has 0 bridgehead atoms. The van der Waals surface area contributed by atoms with Crippen LogP contribution in [-0.2, 0) is 0 Å². The molecular weight excluding hydrogens is 386 g/mol. The molecule has 25 heavy (non-hydrogen) atoms. The van der Waals surface area contributed by atoms with Gasteiger partial charge in [-0.05, 0) is 35.1 Å². The molecule has 9 heteroatoms. The molecule has 132 valence electrons. The number of halogens is 1. The molecule has 1 amide bonds. The Morgan fingerprint density at radius 2 is 1.92 bits per heavy atom. The van der Waals surface area contributed by atoms with Gasteiger partial charge in [0.05, 0.1) is 5.56 Å². The molecule has 1 fully saturated rings. The Kier molecular flexibility index (Phi) is 5.34. The van der Waals surface area contributed by atoms with Crippen LogP contribution in [0.2, 0.25) is 0 Å². The number of rotatable bonds is 4. The number of benzene rings is 1. The monoisotopic (exact) mass is 405 g/mol. The van der Waals surface area contributed by atoms with Crippen molar-refractivity contribution in [2.75, 3.05) is 49.3 Å². The van der Waals surface area contributed by atoms with E-state index in [1.165, 1.54) is 6.33 Å². The molecule has 3 rings (SSSR count). The van der Waals surface area contributed by atoms with Crippen LogP contribution in [0.15, 0.2) is 35.1 Å². The average Bonchev–Trinajstić information content (AvgIpc) is 2.62. The van der Waals surface area contributed by atoms with Crippen LogP contribution in [0.25, 0.3) is 0 Å². The molecule has 1 aromatic carbocycles. The third-order valence-corrected chi connectivity index (χ3v) is 4.77. The van der Waals surface area contributed by atoms with Gasteiger partial charge in [0.25, 0.3) is 5.91 Å². The zero-order valence-electron chi connectivity index (χ0n) is 13.9. The van der Waals surface area contributed by atoms with E-state index in [0.29, 0.717) is 27.4 Å². The van der Waals surface area contributed by atoms with Crippen molar-refractivity contribution in [3.05, 3.63) is 40.6 Å². The number of amides is 1. The highest BCUT2D eigenvalue weighted by molar-refractivity contribution is 9.10. The third kappa shape index (κ3) is 3.99. The molecule has 0 unspecified atom stereocenters. The quantitative estimate of drug-likeness (QED) is 0.659. The van der Waals surface area contributed by atoms with Crippen LogP contribution in [0.4, 0.5) is 17.3 Å². The van der Waals surface area contributed by atoms with E-state index in [1.54, 1.807) is 18.2 Å².